The topological polar surface area (TPSA) is 21.8 Å². The first-order valence-corrected chi connectivity index (χ1v) is 8.93. The van der Waals surface area contributed by atoms with Crippen molar-refractivity contribution >= 4 is 0 Å². The molecule has 1 aliphatic rings. The van der Waals surface area contributed by atoms with Gasteiger partial charge in [-0.25, -0.2) is 0 Å². The van der Waals surface area contributed by atoms with Crippen LogP contribution in [0.3, 0.4) is 0 Å². The summed E-state index contributed by atoms with van der Waals surface area (Å²) in [5.74, 6) is 0. The van der Waals surface area contributed by atoms with Crippen LogP contribution in [0.4, 0.5) is 4.39 Å². The van der Waals surface area contributed by atoms with E-state index in [1.54, 1.807) is 20.4 Å². The minimum absolute atomic E-state index is 0. The Hall–Kier alpha value is 1.35. The van der Waals surface area contributed by atoms with Crippen molar-refractivity contribution in [2.24, 2.45) is 0 Å². The van der Waals surface area contributed by atoms with Gasteiger partial charge in [-0.2, -0.15) is 0 Å². The largest absolute Gasteiger partial charge is 1.00 e. The molecule has 24 heavy (non-hydrogen) atoms. The van der Waals surface area contributed by atoms with Gasteiger partial charge in [0.2, 0.25) is 0 Å². The number of alkyl halides is 1. The Balaban J connectivity index is -0.00000147. The molecule has 0 amide bonds. The van der Waals surface area contributed by atoms with Crippen LogP contribution < -0.4 is 42.5 Å². The van der Waals surface area contributed by atoms with E-state index in [1.807, 2.05) is 11.9 Å². The van der Waals surface area contributed by atoms with Crippen LogP contribution in [0.2, 0.25) is 0 Å². The summed E-state index contributed by atoms with van der Waals surface area (Å²) in [7, 11) is 6.16. The quantitative estimate of drug-likeness (QED) is 0.298. The smallest absolute Gasteiger partial charge is 1.00 e. The second kappa shape index (κ2) is 16.5. The van der Waals surface area contributed by atoms with Crippen LogP contribution in [0.5, 0.6) is 0 Å². The monoisotopic (exact) mass is 440 g/mol. The summed E-state index contributed by atoms with van der Waals surface area (Å²) in [5.41, 5.74) is 0. The van der Waals surface area contributed by atoms with E-state index in [4.69, 9.17) is 0 Å². The van der Waals surface area contributed by atoms with Crippen molar-refractivity contribution in [2.45, 2.75) is 29.8 Å². The second-order valence-electron chi connectivity index (χ2n) is 6.35. The zero-order valence-electron chi connectivity index (χ0n) is 15.1. The first kappa shape index (κ1) is 30.1. The van der Waals surface area contributed by atoms with Crippen LogP contribution in [0.1, 0.15) is 25.7 Å². The van der Waals surface area contributed by atoms with Crippen LogP contribution in [-0.2, 0) is 20.4 Å². The molecule has 0 aliphatic carbocycles. The van der Waals surface area contributed by atoms with Gasteiger partial charge in [0.05, 0.1) is 0 Å². The fraction of sp³-hybridized carbons (Fsp3) is 1.00. The summed E-state index contributed by atoms with van der Waals surface area (Å²) in [6, 6.07) is 0. The Morgan fingerprint density at radius 1 is 0.792 bits per heavy atom. The van der Waals surface area contributed by atoms with Crippen molar-refractivity contribution in [3.05, 3.63) is 0 Å². The number of rotatable bonds is 0. The van der Waals surface area contributed by atoms with E-state index in [-0.39, 0.29) is 37.2 Å². The SMILES string of the molecule is CN1CCCNCCCN(C)CC[C](F)([Ti+3])N(C)CCC1.[Cl-].[Cl-].[Cl-]. The summed E-state index contributed by atoms with van der Waals surface area (Å²) >= 11 is 1.72. The molecule has 0 aromatic rings. The van der Waals surface area contributed by atoms with E-state index in [9.17, 15) is 4.39 Å². The molecule has 0 bridgehead atoms. The van der Waals surface area contributed by atoms with Gasteiger partial charge in [-0.1, -0.05) is 0 Å². The van der Waals surface area contributed by atoms with Gasteiger partial charge in [0, 0.05) is 0 Å². The Labute approximate surface area is 178 Å². The van der Waals surface area contributed by atoms with E-state index in [1.165, 1.54) is 6.42 Å². The van der Waals surface area contributed by atoms with E-state index < -0.39 is 4.10 Å². The summed E-state index contributed by atoms with van der Waals surface area (Å²) in [6.45, 7) is 6.98. The molecule has 1 fully saturated rings. The molecule has 0 aromatic carbocycles. The normalized spacial score (nSPS) is 27.4. The Morgan fingerprint density at radius 2 is 1.25 bits per heavy atom. The van der Waals surface area contributed by atoms with Gasteiger partial charge in [0.25, 0.3) is 0 Å². The van der Waals surface area contributed by atoms with Crippen LogP contribution in [0, 0.1) is 0 Å². The predicted molar refractivity (Wildman–Crippen MR) is 82.8 cm³/mol. The van der Waals surface area contributed by atoms with Gasteiger partial charge in [0.1, 0.15) is 0 Å². The number of nitrogens with zero attached hydrogens (tertiary/aromatic N) is 3. The van der Waals surface area contributed by atoms with E-state index >= 15 is 0 Å². The fourth-order valence-electron chi connectivity index (χ4n) is 2.58. The van der Waals surface area contributed by atoms with Crippen molar-refractivity contribution in [3.63, 3.8) is 0 Å². The minimum atomic E-state index is -1.21. The number of halogens is 4. The van der Waals surface area contributed by atoms with Crippen molar-refractivity contribution in [3.8, 4) is 0 Å². The van der Waals surface area contributed by atoms with Crippen LogP contribution in [0.15, 0.2) is 0 Å². The molecule has 4 nitrogen and oxygen atoms in total. The molecule has 1 rings (SSSR count). The maximum Gasteiger partial charge on any atom is -1.00 e. The standard InChI is InChI=1S/C15H32FN4.3ClH.Ti/c1-18-10-4-8-17-9-5-11-19(2)14-7-15(16)20(3)13-6-12-18;;;;/h17H,4-14H2,1-3H3;3*1H;/q;;;;+3/p-3. The van der Waals surface area contributed by atoms with Crippen molar-refractivity contribution in [1.82, 2.24) is 20.0 Å². The summed E-state index contributed by atoms with van der Waals surface area (Å²) in [5, 5.41) is 3.50. The van der Waals surface area contributed by atoms with E-state index in [0.29, 0.717) is 6.42 Å². The molecule has 1 N–H and O–H groups in total. The third kappa shape index (κ3) is 13.5. The average Bonchev–Trinajstić information content (AvgIpc) is 2.43. The molecular formula is C15H32Cl3FN4Ti. The average molecular weight is 442 g/mol. The minimum Gasteiger partial charge on any atom is -1.00 e. The summed E-state index contributed by atoms with van der Waals surface area (Å²) in [6.07, 6.45) is 3.91. The van der Waals surface area contributed by atoms with Crippen molar-refractivity contribution in [1.29, 1.82) is 0 Å². The van der Waals surface area contributed by atoms with Gasteiger partial charge < -0.3 is 37.2 Å². The van der Waals surface area contributed by atoms with E-state index in [0.717, 1.165) is 58.7 Å². The molecule has 1 unspecified atom stereocenters. The molecule has 0 spiro atoms. The zero-order chi connectivity index (χ0) is 15.7. The molecule has 144 valence electrons. The zero-order valence-corrected chi connectivity index (χ0v) is 19.0. The van der Waals surface area contributed by atoms with Crippen LogP contribution >= 0.6 is 0 Å². The second-order valence-corrected chi connectivity index (χ2v) is 7.54. The number of hydrogen-bond donors (Lipinski definition) is 1. The molecule has 1 atom stereocenters. The van der Waals surface area contributed by atoms with Gasteiger partial charge in [-0.15, -0.1) is 0 Å². The van der Waals surface area contributed by atoms with Gasteiger partial charge in [0.15, 0.2) is 0 Å². The van der Waals surface area contributed by atoms with Crippen molar-refractivity contribution in [2.75, 3.05) is 67.0 Å². The maximum absolute atomic E-state index is 14.7. The molecule has 1 saturated heterocycles. The third-order valence-electron chi connectivity index (χ3n) is 4.25. The Kier molecular flexibility index (Phi) is 20.7. The third-order valence-corrected chi connectivity index (χ3v) is 5.24. The number of nitrogens with one attached hydrogen (secondary N) is 1. The van der Waals surface area contributed by atoms with Gasteiger partial charge in [-0.05, 0) is 0 Å². The first-order valence-electron chi connectivity index (χ1n) is 8.15. The van der Waals surface area contributed by atoms with Gasteiger partial charge >= 0.3 is 142 Å². The molecule has 1 heterocycles. The summed E-state index contributed by atoms with van der Waals surface area (Å²) < 4.78 is 13.5. The first-order chi connectivity index (χ1) is 9.92. The molecule has 0 saturated carbocycles. The maximum atomic E-state index is 14.7. The Morgan fingerprint density at radius 3 is 1.79 bits per heavy atom. The molecule has 0 aromatic heterocycles. The molecule has 9 heteroatoms. The summed E-state index contributed by atoms with van der Waals surface area (Å²) in [4.78, 5) is 6.47. The van der Waals surface area contributed by atoms with Crippen LogP contribution in [-0.4, -0.2) is 85.8 Å². The fourth-order valence-corrected chi connectivity index (χ4v) is 2.93. The number of hydrogen-bond acceptors (Lipinski definition) is 4. The molecule has 1 aliphatic heterocycles. The van der Waals surface area contributed by atoms with Crippen LogP contribution in [0.25, 0.3) is 0 Å². The van der Waals surface area contributed by atoms with E-state index in [2.05, 4.69) is 29.2 Å². The van der Waals surface area contributed by atoms with Crippen molar-refractivity contribution < 1.29 is 62.0 Å². The predicted octanol–water partition coefficient (Wildman–Crippen LogP) is -7.87. The molecule has 0 radical (unpaired) electrons. The van der Waals surface area contributed by atoms with Gasteiger partial charge in [-0.3, -0.25) is 0 Å². The molecular weight excluding hydrogens is 409 g/mol. The Bertz CT molecular complexity index is 291.